The molecule has 6 heteroatoms. The molecule has 1 saturated heterocycles. The summed E-state index contributed by atoms with van der Waals surface area (Å²) in [6.07, 6.45) is 1.22. The highest BCUT2D eigenvalue weighted by Crippen LogP contribution is 2.23. The van der Waals surface area contributed by atoms with Gasteiger partial charge in [-0.3, -0.25) is 9.59 Å². The molecule has 1 aliphatic rings. The van der Waals surface area contributed by atoms with Gasteiger partial charge in [0, 0.05) is 37.6 Å². The molecule has 2 amide bonds. The van der Waals surface area contributed by atoms with Crippen LogP contribution < -0.4 is 0 Å². The zero-order chi connectivity index (χ0) is 18.5. The fourth-order valence-electron chi connectivity index (χ4n) is 3.05. The van der Waals surface area contributed by atoms with Crippen LogP contribution in [0, 0.1) is 0 Å². The van der Waals surface area contributed by atoms with E-state index in [-0.39, 0.29) is 11.8 Å². The third kappa shape index (κ3) is 4.57. The molecule has 4 nitrogen and oxygen atoms in total. The van der Waals surface area contributed by atoms with Crippen LogP contribution in [-0.4, -0.2) is 47.8 Å². The first-order valence-corrected chi connectivity index (χ1v) is 9.36. The summed E-state index contributed by atoms with van der Waals surface area (Å²) in [4.78, 5) is 28.6. The van der Waals surface area contributed by atoms with E-state index in [1.165, 1.54) is 0 Å². The van der Waals surface area contributed by atoms with Crippen LogP contribution in [0.4, 0.5) is 0 Å². The fourth-order valence-corrected chi connectivity index (χ4v) is 3.54. The van der Waals surface area contributed by atoms with Gasteiger partial charge in [-0.05, 0) is 30.2 Å². The first-order valence-electron chi connectivity index (χ1n) is 8.60. The number of benzene rings is 2. The standard InChI is InChI=1S/C20H20Cl2N2O2/c21-16-7-8-17(18(22)14-16)20(26)24-12-10-23(11-13-24)19(25)9-6-15-4-2-1-3-5-15/h1-5,7-8,14H,6,9-13H2. The zero-order valence-corrected chi connectivity index (χ0v) is 15.8. The molecule has 2 aromatic carbocycles. The van der Waals surface area contributed by atoms with Crippen molar-refractivity contribution in [1.82, 2.24) is 9.80 Å². The molecule has 0 N–H and O–H groups in total. The number of hydrogen-bond acceptors (Lipinski definition) is 2. The maximum Gasteiger partial charge on any atom is 0.255 e. The summed E-state index contributed by atoms with van der Waals surface area (Å²) in [6.45, 7) is 2.11. The van der Waals surface area contributed by atoms with Gasteiger partial charge in [-0.2, -0.15) is 0 Å². The van der Waals surface area contributed by atoms with Gasteiger partial charge in [-0.25, -0.2) is 0 Å². The minimum atomic E-state index is -0.122. The normalized spacial score (nSPS) is 14.4. The monoisotopic (exact) mass is 390 g/mol. The molecule has 0 spiro atoms. The summed E-state index contributed by atoms with van der Waals surface area (Å²) >= 11 is 12.0. The van der Waals surface area contributed by atoms with Gasteiger partial charge in [0.2, 0.25) is 5.91 Å². The number of nitrogens with zero attached hydrogens (tertiary/aromatic N) is 2. The molecule has 0 radical (unpaired) electrons. The predicted octanol–water partition coefficient (Wildman–Crippen LogP) is 3.91. The van der Waals surface area contributed by atoms with E-state index >= 15 is 0 Å². The Kier molecular flexibility index (Phi) is 6.17. The van der Waals surface area contributed by atoms with Gasteiger partial charge < -0.3 is 9.80 Å². The third-order valence-corrected chi connectivity index (χ3v) is 5.10. The molecule has 0 aliphatic carbocycles. The minimum absolute atomic E-state index is 0.122. The fraction of sp³-hybridized carbons (Fsp3) is 0.300. The molecule has 1 aliphatic heterocycles. The quantitative estimate of drug-likeness (QED) is 0.793. The van der Waals surface area contributed by atoms with Crippen molar-refractivity contribution in [2.24, 2.45) is 0 Å². The lowest BCUT2D eigenvalue weighted by atomic mass is 10.1. The van der Waals surface area contributed by atoms with Crippen molar-refractivity contribution in [3.05, 3.63) is 69.7 Å². The number of amides is 2. The Hall–Kier alpha value is -2.04. The van der Waals surface area contributed by atoms with Gasteiger partial charge in [0.25, 0.3) is 5.91 Å². The summed E-state index contributed by atoms with van der Waals surface area (Å²) < 4.78 is 0. The average molecular weight is 391 g/mol. The van der Waals surface area contributed by atoms with Crippen molar-refractivity contribution < 1.29 is 9.59 Å². The number of hydrogen-bond donors (Lipinski definition) is 0. The van der Waals surface area contributed by atoms with E-state index in [0.29, 0.717) is 48.2 Å². The Labute approximate surface area is 163 Å². The molecular formula is C20H20Cl2N2O2. The molecule has 26 heavy (non-hydrogen) atoms. The molecule has 1 fully saturated rings. The molecule has 2 aromatic rings. The molecule has 136 valence electrons. The van der Waals surface area contributed by atoms with Crippen LogP contribution >= 0.6 is 23.2 Å². The van der Waals surface area contributed by atoms with Gasteiger partial charge in [0.1, 0.15) is 0 Å². The van der Waals surface area contributed by atoms with Crippen LogP contribution in [0.1, 0.15) is 22.3 Å². The lowest BCUT2D eigenvalue weighted by Gasteiger charge is -2.35. The molecule has 1 heterocycles. The number of halogens is 2. The van der Waals surface area contributed by atoms with Crippen LogP contribution in [0.5, 0.6) is 0 Å². The Morgan fingerprint density at radius 2 is 1.54 bits per heavy atom. The van der Waals surface area contributed by atoms with Gasteiger partial charge in [-0.1, -0.05) is 53.5 Å². The molecule has 0 unspecified atom stereocenters. The summed E-state index contributed by atoms with van der Waals surface area (Å²) in [6, 6.07) is 14.8. The SMILES string of the molecule is O=C(CCc1ccccc1)N1CCN(C(=O)c2ccc(Cl)cc2Cl)CC1. The highest BCUT2D eigenvalue weighted by atomic mass is 35.5. The van der Waals surface area contributed by atoms with Crippen molar-refractivity contribution in [1.29, 1.82) is 0 Å². The molecule has 0 bridgehead atoms. The molecule has 0 aromatic heterocycles. The summed E-state index contributed by atoms with van der Waals surface area (Å²) in [5.74, 6) is 0.00790. The third-order valence-electron chi connectivity index (χ3n) is 4.55. The van der Waals surface area contributed by atoms with Crippen LogP contribution in [0.3, 0.4) is 0 Å². The van der Waals surface area contributed by atoms with Crippen LogP contribution in [-0.2, 0) is 11.2 Å². The van der Waals surface area contributed by atoms with E-state index < -0.39 is 0 Å². The number of carbonyl (C=O) groups excluding carboxylic acids is 2. The second kappa shape index (κ2) is 8.56. The number of aryl methyl sites for hydroxylation is 1. The second-order valence-electron chi connectivity index (χ2n) is 6.28. The van der Waals surface area contributed by atoms with Crippen LogP contribution in [0.25, 0.3) is 0 Å². The Balaban J connectivity index is 1.52. The Morgan fingerprint density at radius 1 is 0.885 bits per heavy atom. The summed E-state index contributed by atoms with van der Waals surface area (Å²) in [5.41, 5.74) is 1.60. The van der Waals surface area contributed by atoms with Crippen molar-refractivity contribution in [3.63, 3.8) is 0 Å². The lowest BCUT2D eigenvalue weighted by Crippen LogP contribution is -2.50. The molecule has 0 atom stereocenters. The van der Waals surface area contributed by atoms with E-state index in [9.17, 15) is 9.59 Å². The smallest absolute Gasteiger partial charge is 0.255 e. The molecular weight excluding hydrogens is 371 g/mol. The van der Waals surface area contributed by atoms with Crippen molar-refractivity contribution in [2.75, 3.05) is 26.2 Å². The topological polar surface area (TPSA) is 40.6 Å². The maximum atomic E-state index is 12.6. The first-order chi connectivity index (χ1) is 12.5. The van der Waals surface area contributed by atoms with Crippen molar-refractivity contribution in [2.45, 2.75) is 12.8 Å². The van der Waals surface area contributed by atoms with Gasteiger partial charge in [0.05, 0.1) is 10.6 Å². The predicted molar refractivity (Wildman–Crippen MR) is 104 cm³/mol. The van der Waals surface area contributed by atoms with Crippen LogP contribution in [0.2, 0.25) is 10.0 Å². The van der Waals surface area contributed by atoms with E-state index in [1.54, 1.807) is 23.1 Å². The largest absolute Gasteiger partial charge is 0.339 e. The highest BCUT2D eigenvalue weighted by Gasteiger charge is 2.25. The average Bonchev–Trinajstić information content (AvgIpc) is 2.66. The van der Waals surface area contributed by atoms with Gasteiger partial charge in [0.15, 0.2) is 0 Å². The minimum Gasteiger partial charge on any atom is -0.339 e. The van der Waals surface area contributed by atoms with Gasteiger partial charge in [-0.15, -0.1) is 0 Å². The Morgan fingerprint density at radius 3 is 2.19 bits per heavy atom. The maximum absolute atomic E-state index is 12.6. The highest BCUT2D eigenvalue weighted by molar-refractivity contribution is 6.36. The first kappa shape index (κ1) is 18.7. The van der Waals surface area contributed by atoms with Crippen molar-refractivity contribution in [3.8, 4) is 0 Å². The second-order valence-corrected chi connectivity index (χ2v) is 7.13. The lowest BCUT2D eigenvalue weighted by molar-refractivity contribution is -0.132. The molecule has 3 rings (SSSR count). The van der Waals surface area contributed by atoms with E-state index in [1.807, 2.05) is 35.2 Å². The van der Waals surface area contributed by atoms with Gasteiger partial charge >= 0.3 is 0 Å². The van der Waals surface area contributed by atoms with Crippen LogP contribution in [0.15, 0.2) is 48.5 Å². The molecule has 0 saturated carbocycles. The van der Waals surface area contributed by atoms with E-state index in [4.69, 9.17) is 23.2 Å². The number of rotatable bonds is 4. The number of carbonyl (C=O) groups is 2. The Bertz CT molecular complexity index is 788. The van der Waals surface area contributed by atoms with E-state index in [2.05, 4.69) is 0 Å². The van der Waals surface area contributed by atoms with Crippen molar-refractivity contribution >= 4 is 35.0 Å². The van der Waals surface area contributed by atoms with E-state index in [0.717, 1.165) is 12.0 Å². The number of piperazine rings is 1. The summed E-state index contributed by atoms with van der Waals surface area (Å²) in [5, 5.41) is 0.851. The zero-order valence-electron chi connectivity index (χ0n) is 14.3. The summed E-state index contributed by atoms with van der Waals surface area (Å²) in [7, 11) is 0.